The van der Waals surface area contributed by atoms with E-state index in [1.54, 1.807) is 11.8 Å². The van der Waals surface area contributed by atoms with Crippen LogP contribution in [-0.4, -0.2) is 34.0 Å². The van der Waals surface area contributed by atoms with Crippen LogP contribution in [0.25, 0.3) is 0 Å². The summed E-state index contributed by atoms with van der Waals surface area (Å²) >= 11 is 0. The first-order chi connectivity index (χ1) is 14.2. The average Bonchev–Trinajstić information content (AvgIpc) is 3.36. The van der Waals surface area contributed by atoms with Gasteiger partial charge in [-0.15, -0.1) is 0 Å². The van der Waals surface area contributed by atoms with E-state index in [0.29, 0.717) is 44.1 Å². The molecule has 1 unspecified atom stereocenters. The second-order valence-corrected chi connectivity index (χ2v) is 7.65. The standard InChI is InChI=1S/C20H22F3N5O2/c1-11(13-4-14(20(21,22)23)6-15(24)5-13)27-18-16-7-28(8-17(16)25-10-26-18)19(29)12-2-3-30-9-12/h4-6,10-12H,2-3,7-9,24H2,1H3,(H,25,26,27)/t11-,12?/m1/s1. The number of hydrogen-bond acceptors (Lipinski definition) is 6. The van der Waals surface area contributed by atoms with Crippen LogP contribution < -0.4 is 11.1 Å². The lowest BCUT2D eigenvalue weighted by molar-refractivity contribution is -0.137. The van der Waals surface area contributed by atoms with Crippen LogP contribution in [0.2, 0.25) is 0 Å². The lowest BCUT2D eigenvalue weighted by Gasteiger charge is -2.20. The maximum absolute atomic E-state index is 13.1. The van der Waals surface area contributed by atoms with Crippen molar-refractivity contribution in [1.29, 1.82) is 0 Å². The third kappa shape index (κ3) is 4.04. The van der Waals surface area contributed by atoms with Gasteiger partial charge in [0, 0.05) is 17.9 Å². The fraction of sp³-hybridized carbons (Fsp3) is 0.450. The van der Waals surface area contributed by atoms with Crippen molar-refractivity contribution in [3.05, 3.63) is 46.9 Å². The lowest BCUT2D eigenvalue weighted by Crippen LogP contribution is -2.32. The van der Waals surface area contributed by atoms with Gasteiger partial charge in [-0.3, -0.25) is 4.79 Å². The zero-order valence-corrected chi connectivity index (χ0v) is 16.4. The molecule has 1 aromatic heterocycles. The van der Waals surface area contributed by atoms with E-state index in [4.69, 9.17) is 10.5 Å². The number of hydrogen-bond donors (Lipinski definition) is 2. The van der Waals surface area contributed by atoms with Crippen molar-refractivity contribution in [3.8, 4) is 0 Å². The van der Waals surface area contributed by atoms with E-state index >= 15 is 0 Å². The van der Waals surface area contributed by atoms with Crippen molar-refractivity contribution >= 4 is 17.4 Å². The largest absolute Gasteiger partial charge is 0.416 e. The van der Waals surface area contributed by atoms with E-state index in [0.717, 1.165) is 23.4 Å². The topological polar surface area (TPSA) is 93.4 Å². The van der Waals surface area contributed by atoms with E-state index in [1.807, 2.05) is 0 Å². The summed E-state index contributed by atoms with van der Waals surface area (Å²) in [5, 5.41) is 3.16. The number of aromatic nitrogens is 2. The Bertz CT molecular complexity index is 960. The van der Waals surface area contributed by atoms with Crippen LogP contribution in [0.1, 0.15) is 41.8 Å². The van der Waals surface area contributed by atoms with E-state index < -0.39 is 17.8 Å². The van der Waals surface area contributed by atoms with E-state index in [1.165, 1.54) is 12.4 Å². The molecule has 7 nitrogen and oxygen atoms in total. The van der Waals surface area contributed by atoms with E-state index in [2.05, 4.69) is 15.3 Å². The Morgan fingerprint density at radius 2 is 2.10 bits per heavy atom. The maximum atomic E-state index is 13.1. The molecule has 1 amide bonds. The van der Waals surface area contributed by atoms with Gasteiger partial charge in [-0.1, -0.05) is 0 Å². The summed E-state index contributed by atoms with van der Waals surface area (Å²) in [4.78, 5) is 23.0. The minimum Gasteiger partial charge on any atom is -0.399 e. The first-order valence-electron chi connectivity index (χ1n) is 9.66. The number of carbonyl (C=O) groups excluding carboxylic acids is 1. The molecule has 2 aromatic rings. The predicted molar refractivity (Wildman–Crippen MR) is 103 cm³/mol. The molecule has 3 heterocycles. The molecule has 1 saturated heterocycles. The van der Waals surface area contributed by atoms with Crippen molar-refractivity contribution in [3.63, 3.8) is 0 Å². The van der Waals surface area contributed by atoms with Crippen LogP contribution in [0.4, 0.5) is 24.7 Å². The molecule has 2 aliphatic heterocycles. The number of benzene rings is 1. The first-order valence-corrected chi connectivity index (χ1v) is 9.66. The van der Waals surface area contributed by atoms with Gasteiger partial charge in [0.2, 0.25) is 5.91 Å². The van der Waals surface area contributed by atoms with Gasteiger partial charge in [0.15, 0.2) is 0 Å². The van der Waals surface area contributed by atoms with Gasteiger partial charge in [0.25, 0.3) is 0 Å². The molecule has 3 N–H and O–H groups in total. The quantitative estimate of drug-likeness (QED) is 0.737. The molecular formula is C20H22F3N5O2. The highest BCUT2D eigenvalue weighted by molar-refractivity contribution is 5.80. The number of fused-ring (bicyclic) bond motifs is 1. The van der Waals surface area contributed by atoms with Gasteiger partial charge >= 0.3 is 6.18 Å². The van der Waals surface area contributed by atoms with Gasteiger partial charge in [-0.25, -0.2) is 9.97 Å². The number of nitrogens with zero attached hydrogens (tertiary/aromatic N) is 3. The number of halogens is 3. The van der Waals surface area contributed by atoms with Gasteiger partial charge in [0.05, 0.1) is 42.9 Å². The molecule has 2 atom stereocenters. The van der Waals surface area contributed by atoms with Crippen LogP contribution >= 0.6 is 0 Å². The summed E-state index contributed by atoms with van der Waals surface area (Å²) < 4.78 is 44.7. The summed E-state index contributed by atoms with van der Waals surface area (Å²) in [6, 6.07) is 3.01. The van der Waals surface area contributed by atoms with Crippen LogP contribution in [-0.2, 0) is 28.8 Å². The highest BCUT2D eigenvalue weighted by Crippen LogP contribution is 2.34. The second kappa shape index (κ2) is 7.75. The molecule has 0 aliphatic carbocycles. The summed E-state index contributed by atoms with van der Waals surface area (Å²) in [7, 11) is 0. The van der Waals surface area contributed by atoms with Crippen LogP contribution in [0.5, 0.6) is 0 Å². The van der Waals surface area contributed by atoms with Crippen molar-refractivity contribution in [2.45, 2.75) is 38.7 Å². The summed E-state index contributed by atoms with van der Waals surface area (Å²) in [5.41, 5.74) is 6.82. The first kappa shape index (κ1) is 20.4. The number of nitrogen functional groups attached to an aromatic ring is 1. The molecule has 30 heavy (non-hydrogen) atoms. The molecule has 2 aliphatic rings. The number of nitrogens with one attached hydrogen (secondary N) is 1. The smallest absolute Gasteiger partial charge is 0.399 e. The van der Waals surface area contributed by atoms with Crippen molar-refractivity contribution in [2.24, 2.45) is 5.92 Å². The Kier molecular flexibility index (Phi) is 5.27. The number of carbonyl (C=O) groups is 1. The highest BCUT2D eigenvalue weighted by Gasteiger charge is 2.34. The number of anilines is 2. The fourth-order valence-corrected chi connectivity index (χ4v) is 3.83. The molecule has 1 fully saturated rings. The summed E-state index contributed by atoms with van der Waals surface area (Å²) in [6.45, 7) is 3.48. The Morgan fingerprint density at radius 1 is 1.30 bits per heavy atom. The average molecular weight is 421 g/mol. The van der Waals surface area contributed by atoms with Crippen LogP contribution in [0.15, 0.2) is 24.5 Å². The zero-order valence-electron chi connectivity index (χ0n) is 16.4. The molecule has 10 heteroatoms. The third-order valence-corrected chi connectivity index (χ3v) is 5.47. The van der Waals surface area contributed by atoms with Crippen LogP contribution in [0, 0.1) is 5.92 Å². The maximum Gasteiger partial charge on any atom is 0.416 e. The number of nitrogens with two attached hydrogens (primary N) is 1. The van der Waals surface area contributed by atoms with E-state index in [9.17, 15) is 18.0 Å². The molecular weight excluding hydrogens is 399 g/mol. The summed E-state index contributed by atoms with van der Waals surface area (Å²) in [6.07, 6.45) is -2.39. The molecule has 0 bridgehead atoms. The zero-order chi connectivity index (χ0) is 21.5. The predicted octanol–water partition coefficient (Wildman–Crippen LogP) is 3.13. The molecule has 160 valence electrons. The molecule has 0 saturated carbocycles. The van der Waals surface area contributed by atoms with Gasteiger partial charge in [-0.2, -0.15) is 13.2 Å². The van der Waals surface area contributed by atoms with Crippen molar-refractivity contribution < 1.29 is 22.7 Å². The molecule has 0 radical (unpaired) electrons. The van der Waals surface area contributed by atoms with Crippen molar-refractivity contribution in [2.75, 3.05) is 24.3 Å². The normalized spacial score (nSPS) is 19.6. The minimum atomic E-state index is -4.48. The van der Waals surface area contributed by atoms with Gasteiger partial charge < -0.3 is 20.7 Å². The third-order valence-electron chi connectivity index (χ3n) is 5.47. The number of amides is 1. The second-order valence-electron chi connectivity index (χ2n) is 7.65. The van der Waals surface area contributed by atoms with E-state index in [-0.39, 0.29) is 17.5 Å². The Labute approximate surface area is 171 Å². The number of ether oxygens (including phenoxy) is 1. The number of rotatable bonds is 4. The lowest BCUT2D eigenvalue weighted by atomic mass is 10.0. The highest BCUT2D eigenvalue weighted by atomic mass is 19.4. The Morgan fingerprint density at radius 3 is 2.80 bits per heavy atom. The van der Waals surface area contributed by atoms with Crippen LogP contribution in [0.3, 0.4) is 0 Å². The SMILES string of the molecule is C[C@@H](Nc1ncnc2c1CN(C(=O)C1CCOC1)C2)c1cc(N)cc(C(F)(F)F)c1. The van der Waals surface area contributed by atoms with Gasteiger partial charge in [-0.05, 0) is 37.1 Å². The minimum absolute atomic E-state index is 0.0233. The molecule has 4 rings (SSSR count). The summed E-state index contributed by atoms with van der Waals surface area (Å²) in [5.74, 6) is 0.382. The Hall–Kier alpha value is -2.88. The van der Waals surface area contributed by atoms with Crippen molar-refractivity contribution in [1.82, 2.24) is 14.9 Å². The number of alkyl halides is 3. The fourth-order valence-electron chi connectivity index (χ4n) is 3.83. The van der Waals surface area contributed by atoms with Gasteiger partial charge in [0.1, 0.15) is 12.1 Å². The molecule has 1 aromatic carbocycles. The Balaban J connectivity index is 1.53. The monoisotopic (exact) mass is 421 g/mol. The molecule has 0 spiro atoms.